The first-order chi connectivity index (χ1) is 13.7. The zero-order valence-electron chi connectivity index (χ0n) is 16.0. The maximum absolute atomic E-state index is 12.5. The SMILES string of the molecule is CN1CCN(c2ccc(-c3cncc(C(=O)Nc4ccccc4)c3)cc2)CC1. The Balaban J connectivity index is 1.49. The van der Waals surface area contributed by atoms with Gasteiger partial charge in [-0.3, -0.25) is 9.78 Å². The molecule has 1 saturated heterocycles. The van der Waals surface area contributed by atoms with Gasteiger partial charge in [0.1, 0.15) is 0 Å². The third-order valence-corrected chi connectivity index (χ3v) is 5.10. The van der Waals surface area contributed by atoms with Crippen LogP contribution in [0.3, 0.4) is 0 Å². The molecule has 5 nitrogen and oxygen atoms in total. The summed E-state index contributed by atoms with van der Waals surface area (Å²) in [7, 11) is 2.16. The van der Waals surface area contributed by atoms with Gasteiger partial charge in [-0.25, -0.2) is 0 Å². The molecule has 1 aromatic heterocycles. The molecule has 0 saturated carbocycles. The fourth-order valence-electron chi connectivity index (χ4n) is 3.38. The minimum Gasteiger partial charge on any atom is -0.369 e. The van der Waals surface area contributed by atoms with E-state index in [1.165, 1.54) is 5.69 Å². The number of rotatable bonds is 4. The number of carbonyl (C=O) groups excluding carboxylic acids is 1. The second-order valence-electron chi connectivity index (χ2n) is 7.12. The number of aromatic nitrogens is 1. The van der Waals surface area contributed by atoms with E-state index in [9.17, 15) is 4.79 Å². The minimum absolute atomic E-state index is 0.158. The number of nitrogens with one attached hydrogen (secondary N) is 1. The van der Waals surface area contributed by atoms with Crippen LogP contribution in [-0.2, 0) is 0 Å². The molecule has 1 fully saturated rings. The zero-order valence-corrected chi connectivity index (χ0v) is 16.0. The fourth-order valence-corrected chi connectivity index (χ4v) is 3.38. The summed E-state index contributed by atoms with van der Waals surface area (Å²) in [6.07, 6.45) is 3.39. The van der Waals surface area contributed by atoms with Gasteiger partial charge in [-0.15, -0.1) is 0 Å². The first-order valence-corrected chi connectivity index (χ1v) is 9.54. The largest absolute Gasteiger partial charge is 0.369 e. The average Bonchev–Trinajstić information content (AvgIpc) is 2.75. The highest BCUT2D eigenvalue weighted by Crippen LogP contribution is 2.24. The molecule has 0 radical (unpaired) electrons. The molecule has 0 atom stereocenters. The Morgan fingerprint density at radius 1 is 0.893 bits per heavy atom. The van der Waals surface area contributed by atoms with Crippen molar-refractivity contribution in [2.45, 2.75) is 0 Å². The van der Waals surface area contributed by atoms with Crippen molar-refractivity contribution in [2.24, 2.45) is 0 Å². The average molecular weight is 372 g/mol. The summed E-state index contributed by atoms with van der Waals surface area (Å²) in [6, 6.07) is 19.8. The lowest BCUT2D eigenvalue weighted by molar-refractivity contribution is 0.102. The maximum atomic E-state index is 12.5. The molecule has 5 heteroatoms. The van der Waals surface area contributed by atoms with Crippen molar-refractivity contribution in [3.63, 3.8) is 0 Å². The number of hydrogen-bond donors (Lipinski definition) is 1. The molecule has 0 spiro atoms. The number of amides is 1. The highest BCUT2D eigenvalue weighted by molar-refractivity contribution is 6.04. The second-order valence-corrected chi connectivity index (χ2v) is 7.12. The molecular formula is C23H24N4O. The predicted octanol–water partition coefficient (Wildman–Crippen LogP) is 3.75. The van der Waals surface area contributed by atoms with Gasteiger partial charge in [0.25, 0.3) is 5.91 Å². The summed E-state index contributed by atoms with van der Waals surface area (Å²) in [4.78, 5) is 21.5. The summed E-state index contributed by atoms with van der Waals surface area (Å²) in [5.74, 6) is -0.158. The van der Waals surface area contributed by atoms with Gasteiger partial charge in [0.2, 0.25) is 0 Å². The van der Waals surface area contributed by atoms with Gasteiger partial charge in [-0.1, -0.05) is 30.3 Å². The van der Waals surface area contributed by atoms with Crippen LogP contribution in [0.5, 0.6) is 0 Å². The van der Waals surface area contributed by atoms with Crippen molar-refractivity contribution in [2.75, 3.05) is 43.4 Å². The summed E-state index contributed by atoms with van der Waals surface area (Å²) in [5.41, 5.74) is 4.55. The number of hydrogen-bond acceptors (Lipinski definition) is 4. The Bertz CT molecular complexity index is 932. The van der Waals surface area contributed by atoms with E-state index in [1.54, 1.807) is 12.4 Å². The lowest BCUT2D eigenvalue weighted by Crippen LogP contribution is -2.44. The molecule has 0 unspecified atom stereocenters. The van der Waals surface area contributed by atoms with Crippen molar-refractivity contribution < 1.29 is 4.79 Å². The Labute approximate surface area is 165 Å². The van der Waals surface area contributed by atoms with Gasteiger partial charge >= 0.3 is 0 Å². The number of pyridine rings is 1. The van der Waals surface area contributed by atoms with Crippen molar-refractivity contribution >= 4 is 17.3 Å². The molecule has 3 aromatic rings. The molecule has 142 valence electrons. The number of anilines is 2. The van der Waals surface area contributed by atoms with E-state index in [4.69, 9.17) is 0 Å². The monoisotopic (exact) mass is 372 g/mol. The zero-order chi connectivity index (χ0) is 19.3. The van der Waals surface area contributed by atoms with E-state index in [0.29, 0.717) is 5.56 Å². The van der Waals surface area contributed by atoms with E-state index >= 15 is 0 Å². The van der Waals surface area contributed by atoms with Crippen molar-refractivity contribution in [1.82, 2.24) is 9.88 Å². The summed E-state index contributed by atoms with van der Waals surface area (Å²) in [6.45, 7) is 4.27. The van der Waals surface area contributed by atoms with Gasteiger partial charge < -0.3 is 15.1 Å². The topological polar surface area (TPSA) is 48.5 Å². The van der Waals surface area contributed by atoms with E-state index in [1.807, 2.05) is 36.4 Å². The molecule has 28 heavy (non-hydrogen) atoms. The highest BCUT2D eigenvalue weighted by Gasteiger charge is 2.14. The van der Waals surface area contributed by atoms with Crippen LogP contribution in [0.4, 0.5) is 11.4 Å². The molecule has 4 rings (SSSR count). The van der Waals surface area contributed by atoms with Gasteiger partial charge in [-0.05, 0) is 42.9 Å². The van der Waals surface area contributed by atoms with Crippen LogP contribution in [0.25, 0.3) is 11.1 Å². The summed E-state index contributed by atoms with van der Waals surface area (Å²) in [5, 5.41) is 2.90. The standard InChI is InChI=1S/C23H24N4O/c1-26-11-13-27(14-12-26)22-9-7-18(8-10-22)19-15-20(17-24-16-19)23(28)25-21-5-3-2-4-6-21/h2-10,15-17H,11-14H2,1H3,(H,25,28). The van der Waals surface area contributed by atoms with Crippen LogP contribution in [0.1, 0.15) is 10.4 Å². The van der Waals surface area contributed by atoms with Crippen LogP contribution in [0.2, 0.25) is 0 Å². The normalized spacial score (nSPS) is 14.7. The van der Waals surface area contributed by atoms with Crippen LogP contribution in [0, 0.1) is 0 Å². The Hall–Kier alpha value is -3.18. The Morgan fingerprint density at radius 3 is 2.32 bits per heavy atom. The molecule has 1 amide bonds. The third kappa shape index (κ3) is 4.21. The molecule has 1 N–H and O–H groups in total. The van der Waals surface area contributed by atoms with E-state index in [2.05, 4.69) is 51.4 Å². The molecule has 1 aliphatic heterocycles. The van der Waals surface area contributed by atoms with Gasteiger partial charge in [0, 0.05) is 55.5 Å². The van der Waals surface area contributed by atoms with Crippen molar-refractivity contribution in [3.8, 4) is 11.1 Å². The number of benzene rings is 2. The molecule has 0 bridgehead atoms. The lowest BCUT2D eigenvalue weighted by Gasteiger charge is -2.34. The lowest BCUT2D eigenvalue weighted by atomic mass is 10.0. The first-order valence-electron chi connectivity index (χ1n) is 9.54. The molecule has 2 heterocycles. The summed E-state index contributed by atoms with van der Waals surface area (Å²) >= 11 is 0. The van der Waals surface area contributed by atoms with E-state index < -0.39 is 0 Å². The predicted molar refractivity (Wildman–Crippen MR) is 114 cm³/mol. The summed E-state index contributed by atoms with van der Waals surface area (Å²) < 4.78 is 0. The van der Waals surface area contributed by atoms with Crippen LogP contribution >= 0.6 is 0 Å². The number of likely N-dealkylation sites (N-methyl/N-ethyl adjacent to an activating group) is 1. The second kappa shape index (κ2) is 8.23. The van der Waals surface area contributed by atoms with Crippen LogP contribution < -0.4 is 10.2 Å². The van der Waals surface area contributed by atoms with Gasteiger partial charge in [0.15, 0.2) is 0 Å². The number of nitrogens with zero attached hydrogens (tertiary/aromatic N) is 3. The molecule has 2 aromatic carbocycles. The number of carbonyl (C=O) groups is 1. The maximum Gasteiger partial charge on any atom is 0.257 e. The van der Waals surface area contributed by atoms with Crippen LogP contribution in [0.15, 0.2) is 73.1 Å². The van der Waals surface area contributed by atoms with Crippen molar-refractivity contribution in [1.29, 1.82) is 0 Å². The van der Waals surface area contributed by atoms with E-state index in [0.717, 1.165) is 43.0 Å². The number of para-hydroxylation sites is 1. The van der Waals surface area contributed by atoms with Crippen LogP contribution in [-0.4, -0.2) is 49.0 Å². The Kier molecular flexibility index (Phi) is 5.35. The highest BCUT2D eigenvalue weighted by atomic mass is 16.1. The smallest absolute Gasteiger partial charge is 0.257 e. The fraction of sp³-hybridized carbons (Fsp3) is 0.217. The minimum atomic E-state index is -0.158. The first kappa shape index (κ1) is 18.2. The van der Waals surface area contributed by atoms with Gasteiger partial charge in [-0.2, -0.15) is 0 Å². The Morgan fingerprint density at radius 2 is 1.61 bits per heavy atom. The van der Waals surface area contributed by atoms with Crippen molar-refractivity contribution in [3.05, 3.63) is 78.6 Å². The van der Waals surface area contributed by atoms with E-state index in [-0.39, 0.29) is 5.91 Å². The third-order valence-electron chi connectivity index (χ3n) is 5.10. The van der Waals surface area contributed by atoms with Gasteiger partial charge in [0.05, 0.1) is 5.56 Å². The molecule has 0 aliphatic carbocycles. The molecule has 1 aliphatic rings. The molecular weight excluding hydrogens is 348 g/mol. The quantitative estimate of drug-likeness (QED) is 0.758. The number of piperazine rings is 1.